The minimum Gasteiger partial charge on any atom is -0.397 e. The van der Waals surface area contributed by atoms with Crippen LogP contribution in [0.2, 0.25) is 5.02 Å². The highest BCUT2D eigenvalue weighted by atomic mass is 35.5. The maximum absolute atomic E-state index is 6.06. The quantitative estimate of drug-likeness (QED) is 0.819. The van der Waals surface area contributed by atoms with Crippen LogP contribution in [0.4, 0.5) is 11.4 Å². The van der Waals surface area contributed by atoms with Crippen molar-refractivity contribution in [2.75, 3.05) is 11.1 Å². The number of nitrogens with zero attached hydrogens (tertiary/aromatic N) is 1. The number of hydrogen-bond acceptors (Lipinski definition) is 3. The first kappa shape index (κ1) is 11.7. The van der Waals surface area contributed by atoms with Gasteiger partial charge in [-0.2, -0.15) is 0 Å². The fraction of sp³-hybridized carbons (Fsp3) is 0.154. The summed E-state index contributed by atoms with van der Waals surface area (Å²) in [4.78, 5) is 4.23. The van der Waals surface area contributed by atoms with Crippen molar-refractivity contribution in [2.24, 2.45) is 0 Å². The number of para-hydroxylation sites is 1. The predicted molar refractivity (Wildman–Crippen MR) is 72.2 cm³/mol. The van der Waals surface area contributed by atoms with Gasteiger partial charge in [0, 0.05) is 18.4 Å². The van der Waals surface area contributed by atoms with Gasteiger partial charge in [-0.1, -0.05) is 23.7 Å². The molecule has 0 bridgehead atoms. The normalized spacial score (nSPS) is 10.2. The lowest BCUT2D eigenvalue weighted by Gasteiger charge is -2.10. The molecule has 1 aromatic carbocycles. The summed E-state index contributed by atoms with van der Waals surface area (Å²) in [7, 11) is 0. The molecule has 0 amide bonds. The van der Waals surface area contributed by atoms with Crippen molar-refractivity contribution in [2.45, 2.75) is 13.5 Å². The van der Waals surface area contributed by atoms with E-state index in [2.05, 4.69) is 10.3 Å². The molecule has 3 nitrogen and oxygen atoms in total. The standard InChI is InChI=1S/C13H14ClN3/c1-9-5-6-10(7-16-9)8-17-13-11(14)3-2-4-12(13)15/h2-7,17H,8,15H2,1H3. The van der Waals surface area contributed by atoms with Gasteiger partial charge in [0.05, 0.1) is 16.4 Å². The van der Waals surface area contributed by atoms with Crippen molar-refractivity contribution in [3.63, 3.8) is 0 Å². The molecule has 2 rings (SSSR count). The van der Waals surface area contributed by atoms with Crippen LogP contribution < -0.4 is 11.1 Å². The van der Waals surface area contributed by atoms with E-state index in [0.717, 1.165) is 16.9 Å². The summed E-state index contributed by atoms with van der Waals surface area (Å²) in [5, 5.41) is 3.85. The molecule has 1 heterocycles. The third-order valence-corrected chi connectivity index (χ3v) is 2.80. The highest BCUT2D eigenvalue weighted by molar-refractivity contribution is 6.33. The van der Waals surface area contributed by atoms with Gasteiger partial charge in [-0.05, 0) is 30.7 Å². The Morgan fingerprint density at radius 2 is 2.12 bits per heavy atom. The van der Waals surface area contributed by atoms with Crippen LogP contribution in [0.3, 0.4) is 0 Å². The molecule has 0 saturated heterocycles. The molecule has 0 spiro atoms. The molecule has 88 valence electrons. The second-order valence-electron chi connectivity index (χ2n) is 3.87. The van der Waals surface area contributed by atoms with Crippen molar-refractivity contribution < 1.29 is 0 Å². The third-order valence-electron chi connectivity index (χ3n) is 2.49. The molecule has 0 fully saturated rings. The summed E-state index contributed by atoms with van der Waals surface area (Å²) < 4.78 is 0. The summed E-state index contributed by atoms with van der Waals surface area (Å²) in [5.74, 6) is 0. The SMILES string of the molecule is Cc1ccc(CNc2c(N)cccc2Cl)cn1. The Bertz CT molecular complexity index is 488. The molecule has 17 heavy (non-hydrogen) atoms. The Labute approximate surface area is 106 Å². The molecule has 3 N–H and O–H groups in total. The summed E-state index contributed by atoms with van der Waals surface area (Å²) >= 11 is 6.06. The molecular weight excluding hydrogens is 234 g/mol. The van der Waals surface area contributed by atoms with E-state index in [9.17, 15) is 0 Å². The van der Waals surface area contributed by atoms with Gasteiger partial charge in [-0.3, -0.25) is 4.98 Å². The van der Waals surface area contributed by atoms with Crippen molar-refractivity contribution in [3.8, 4) is 0 Å². The number of hydrogen-bond donors (Lipinski definition) is 2. The number of nitrogens with one attached hydrogen (secondary N) is 1. The number of aryl methyl sites for hydroxylation is 1. The first-order valence-corrected chi connectivity index (χ1v) is 5.74. The smallest absolute Gasteiger partial charge is 0.0765 e. The van der Waals surface area contributed by atoms with Gasteiger partial charge in [0.25, 0.3) is 0 Å². The van der Waals surface area contributed by atoms with E-state index < -0.39 is 0 Å². The summed E-state index contributed by atoms with van der Waals surface area (Å²) in [6, 6.07) is 9.47. The number of aromatic nitrogens is 1. The van der Waals surface area contributed by atoms with E-state index in [1.807, 2.05) is 43.5 Å². The number of rotatable bonds is 3. The molecule has 4 heteroatoms. The molecule has 0 aliphatic rings. The van der Waals surface area contributed by atoms with Crippen LogP contribution in [0.25, 0.3) is 0 Å². The van der Waals surface area contributed by atoms with Crippen molar-refractivity contribution in [1.29, 1.82) is 0 Å². The Hall–Kier alpha value is -1.74. The van der Waals surface area contributed by atoms with Gasteiger partial charge in [-0.15, -0.1) is 0 Å². The lowest BCUT2D eigenvalue weighted by molar-refractivity contribution is 1.09. The topological polar surface area (TPSA) is 50.9 Å². The lowest BCUT2D eigenvalue weighted by atomic mass is 10.2. The van der Waals surface area contributed by atoms with E-state index >= 15 is 0 Å². The van der Waals surface area contributed by atoms with Gasteiger partial charge < -0.3 is 11.1 Å². The number of nitrogens with two attached hydrogens (primary N) is 1. The van der Waals surface area contributed by atoms with Crippen LogP contribution in [-0.4, -0.2) is 4.98 Å². The molecule has 0 atom stereocenters. The van der Waals surface area contributed by atoms with Crippen LogP contribution in [0.15, 0.2) is 36.5 Å². The van der Waals surface area contributed by atoms with Crippen LogP contribution in [0, 0.1) is 6.92 Å². The van der Waals surface area contributed by atoms with E-state index in [0.29, 0.717) is 17.3 Å². The zero-order valence-corrected chi connectivity index (χ0v) is 10.3. The molecule has 1 aromatic heterocycles. The van der Waals surface area contributed by atoms with E-state index in [4.69, 9.17) is 17.3 Å². The predicted octanol–water partition coefficient (Wildman–Crippen LogP) is 3.24. The molecule has 0 saturated carbocycles. The zero-order valence-electron chi connectivity index (χ0n) is 9.57. The van der Waals surface area contributed by atoms with E-state index in [1.165, 1.54) is 0 Å². The second kappa shape index (κ2) is 5.06. The monoisotopic (exact) mass is 247 g/mol. The van der Waals surface area contributed by atoms with Crippen LogP contribution in [0.5, 0.6) is 0 Å². The van der Waals surface area contributed by atoms with Crippen LogP contribution in [0.1, 0.15) is 11.3 Å². The lowest BCUT2D eigenvalue weighted by Crippen LogP contribution is -2.03. The summed E-state index contributed by atoms with van der Waals surface area (Å²) in [5.41, 5.74) is 9.37. The molecule has 0 radical (unpaired) electrons. The van der Waals surface area contributed by atoms with Crippen molar-refractivity contribution in [3.05, 3.63) is 52.8 Å². The van der Waals surface area contributed by atoms with Gasteiger partial charge in [0.2, 0.25) is 0 Å². The number of nitrogen functional groups attached to an aromatic ring is 1. The zero-order chi connectivity index (χ0) is 12.3. The maximum Gasteiger partial charge on any atom is 0.0765 e. The molecule has 2 aromatic rings. The number of benzene rings is 1. The number of pyridine rings is 1. The number of halogens is 1. The largest absolute Gasteiger partial charge is 0.397 e. The van der Waals surface area contributed by atoms with E-state index in [-0.39, 0.29) is 0 Å². The Kier molecular flexibility index (Phi) is 3.49. The highest BCUT2D eigenvalue weighted by Gasteiger charge is 2.03. The molecular formula is C13H14ClN3. The molecule has 0 unspecified atom stereocenters. The second-order valence-corrected chi connectivity index (χ2v) is 4.27. The van der Waals surface area contributed by atoms with Crippen LogP contribution >= 0.6 is 11.6 Å². The summed E-state index contributed by atoms with van der Waals surface area (Å²) in [6.45, 7) is 2.62. The average Bonchev–Trinajstić information content (AvgIpc) is 2.31. The van der Waals surface area contributed by atoms with Gasteiger partial charge in [-0.25, -0.2) is 0 Å². The number of anilines is 2. The first-order valence-electron chi connectivity index (χ1n) is 5.36. The Morgan fingerprint density at radius 3 is 2.76 bits per heavy atom. The highest BCUT2D eigenvalue weighted by Crippen LogP contribution is 2.28. The van der Waals surface area contributed by atoms with Gasteiger partial charge in [0.1, 0.15) is 0 Å². The Balaban J connectivity index is 2.10. The molecule has 0 aliphatic heterocycles. The van der Waals surface area contributed by atoms with Gasteiger partial charge >= 0.3 is 0 Å². The minimum absolute atomic E-state index is 0.630. The van der Waals surface area contributed by atoms with Crippen LogP contribution in [-0.2, 0) is 6.54 Å². The van der Waals surface area contributed by atoms with Crippen molar-refractivity contribution >= 4 is 23.0 Å². The fourth-order valence-electron chi connectivity index (χ4n) is 1.52. The van der Waals surface area contributed by atoms with Crippen molar-refractivity contribution in [1.82, 2.24) is 4.98 Å². The fourth-order valence-corrected chi connectivity index (χ4v) is 1.77. The minimum atomic E-state index is 0.630. The first-order chi connectivity index (χ1) is 8.16. The third kappa shape index (κ3) is 2.88. The average molecular weight is 248 g/mol. The van der Waals surface area contributed by atoms with E-state index in [1.54, 1.807) is 0 Å². The Morgan fingerprint density at radius 1 is 1.29 bits per heavy atom. The summed E-state index contributed by atoms with van der Waals surface area (Å²) in [6.07, 6.45) is 1.84. The molecule has 0 aliphatic carbocycles. The van der Waals surface area contributed by atoms with Gasteiger partial charge in [0.15, 0.2) is 0 Å². The maximum atomic E-state index is 6.06.